The van der Waals surface area contributed by atoms with E-state index in [1.807, 2.05) is 24.3 Å². The van der Waals surface area contributed by atoms with Gasteiger partial charge in [0.2, 0.25) is 11.7 Å². The third-order valence-corrected chi connectivity index (χ3v) is 4.53. The van der Waals surface area contributed by atoms with Gasteiger partial charge in [-0.15, -0.1) is 0 Å². The highest BCUT2D eigenvalue weighted by atomic mass is 32.2. The highest BCUT2D eigenvalue weighted by Gasteiger charge is 2.15. The summed E-state index contributed by atoms with van der Waals surface area (Å²) in [6, 6.07) is 11.1. The molecule has 2 aromatic carbocycles. The summed E-state index contributed by atoms with van der Waals surface area (Å²) in [5, 5.41) is 3.53. The maximum absolute atomic E-state index is 12.3. The molecule has 7 nitrogen and oxygen atoms in total. The lowest BCUT2D eigenvalue weighted by molar-refractivity contribution is -0.113. The van der Waals surface area contributed by atoms with Gasteiger partial charge in [-0.1, -0.05) is 23.9 Å². The molecule has 8 heteroatoms. The number of anilines is 1. The summed E-state index contributed by atoms with van der Waals surface area (Å²) in [6.07, 6.45) is 0. The van der Waals surface area contributed by atoms with Gasteiger partial charge in [0, 0.05) is 17.8 Å². The van der Waals surface area contributed by atoms with E-state index in [1.54, 1.807) is 12.1 Å². The van der Waals surface area contributed by atoms with E-state index in [2.05, 4.69) is 15.3 Å². The second-order valence-electron chi connectivity index (χ2n) is 5.31. The molecule has 1 aromatic heterocycles. The van der Waals surface area contributed by atoms with Gasteiger partial charge in [-0.3, -0.25) is 4.79 Å². The van der Waals surface area contributed by atoms with Crippen molar-refractivity contribution in [2.24, 2.45) is 0 Å². The number of carbonyl (C=O) groups excluding carboxylic acids is 1. The molecule has 136 valence electrons. The minimum atomic E-state index is -0.162. The highest BCUT2D eigenvalue weighted by Crippen LogP contribution is 2.39. The number of nitrogens with zero attached hydrogens (tertiary/aromatic N) is 1. The van der Waals surface area contributed by atoms with Crippen LogP contribution in [-0.4, -0.2) is 43.0 Å². The molecule has 1 heterocycles. The van der Waals surface area contributed by atoms with Gasteiger partial charge in [0.25, 0.3) is 0 Å². The number of imidazole rings is 1. The Bertz CT molecular complexity index is 868. The summed E-state index contributed by atoms with van der Waals surface area (Å²) in [5.41, 5.74) is 2.38. The number of methoxy groups -OCH3 is 3. The van der Waals surface area contributed by atoms with Crippen LogP contribution in [0.3, 0.4) is 0 Å². The molecule has 1 amide bonds. The summed E-state index contributed by atoms with van der Waals surface area (Å²) < 4.78 is 15.8. The van der Waals surface area contributed by atoms with Gasteiger partial charge in [0.05, 0.1) is 38.1 Å². The Balaban J connectivity index is 1.67. The first kappa shape index (κ1) is 17.9. The fraction of sp³-hybridized carbons (Fsp3) is 0.222. The Hall–Kier alpha value is -2.87. The quantitative estimate of drug-likeness (QED) is 0.618. The lowest BCUT2D eigenvalue weighted by atomic mass is 10.2. The maximum Gasteiger partial charge on any atom is 0.234 e. The van der Waals surface area contributed by atoms with E-state index in [1.165, 1.54) is 33.1 Å². The van der Waals surface area contributed by atoms with Crippen molar-refractivity contribution >= 4 is 34.4 Å². The van der Waals surface area contributed by atoms with E-state index in [9.17, 15) is 4.79 Å². The molecule has 0 aliphatic rings. The monoisotopic (exact) mass is 373 g/mol. The van der Waals surface area contributed by atoms with E-state index < -0.39 is 0 Å². The van der Waals surface area contributed by atoms with Crippen LogP contribution in [-0.2, 0) is 4.79 Å². The van der Waals surface area contributed by atoms with Crippen molar-refractivity contribution in [2.45, 2.75) is 5.16 Å². The standard InChI is InChI=1S/C18H19N3O4S/c1-23-14-8-11(9-15(24-2)17(14)25-3)19-16(22)10-26-18-20-12-6-4-5-7-13(12)21-18/h4-9H,10H2,1-3H3,(H,19,22)(H,20,21). The molecule has 0 aliphatic carbocycles. The maximum atomic E-state index is 12.3. The van der Waals surface area contributed by atoms with Crippen molar-refractivity contribution in [3.8, 4) is 17.2 Å². The average molecular weight is 373 g/mol. The van der Waals surface area contributed by atoms with Crippen molar-refractivity contribution in [1.29, 1.82) is 0 Å². The van der Waals surface area contributed by atoms with Gasteiger partial charge in [-0.05, 0) is 12.1 Å². The lowest BCUT2D eigenvalue weighted by Crippen LogP contribution is -2.14. The number of thioether (sulfide) groups is 1. The third kappa shape index (κ3) is 3.85. The van der Waals surface area contributed by atoms with Crippen LogP contribution in [0.15, 0.2) is 41.6 Å². The van der Waals surface area contributed by atoms with Crippen LogP contribution >= 0.6 is 11.8 Å². The molecule has 0 aliphatic heterocycles. The largest absolute Gasteiger partial charge is 0.493 e. The molecule has 0 bridgehead atoms. The number of aromatic nitrogens is 2. The molecule has 0 unspecified atom stereocenters. The van der Waals surface area contributed by atoms with Gasteiger partial charge in [-0.2, -0.15) is 0 Å². The number of benzene rings is 2. The molecule has 3 aromatic rings. The Labute approximate surface area is 155 Å². The van der Waals surface area contributed by atoms with E-state index >= 15 is 0 Å². The highest BCUT2D eigenvalue weighted by molar-refractivity contribution is 7.99. The smallest absolute Gasteiger partial charge is 0.234 e. The average Bonchev–Trinajstić information content (AvgIpc) is 3.08. The molecule has 0 saturated heterocycles. The number of H-pyrrole nitrogens is 1. The first-order valence-corrected chi connectivity index (χ1v) is 8.80. The summed E-state index contributed by atoms with van der Waals surface area (Å²) >= 11 is 1.34. The molecule has 0 saturated carbocycles. The van der Waals surface area contributed by atoms with Crippen LogP contribution in [0, 0.1) is 0 Å². The molecule has 0 fully saturated rings. The second-order valence-corrected chi connectivity index (χ2v) is 6.27. The third-order valence-electron chi connectivity index (χ3n) is 3.66. The van der Waals surface area contributed by atoms with Crippen molar-refractivity contribution in [3.63, 3.8) is 0 Å². The molecule has 0 spiro atoms. The first-order valence-electron chi connectivity index (χ1n) is 7.82. The molecule has 26 heavy (non-hydrogen) atoms. The lowest BCUT2D eigenvalue weighted by Gasteiger charge is -2.14. The SMILES string of the molecule is COc1cc(NC(=O)CSc2nc3ccccc3[nH]2)cc(OC)c1OC. The Morgan fingerprint density at radius 2 is 1.81 bits per heavy atom. The fourth-order valence-corrected chi connectivity index (χ4v) is 3.17. The minimum absolute atomic E-state index is 0.162. The molecular weight excluding hydrogens is 354 g/mol. The van der Waals surface area contributed by atoms with Gasteiger partial charge in [0.15, 0.2) is 16.7 Å². The minimum Gasteiger partial charge on any atom is -0.493 e. The number of carbonyl (C=O) groups is 1. The zero-order chi connectivity index (χ0) is 18.5. The van der Waals surface area contributed by atoms with E-state index in [-0.39, 0.29) is 11.7 Å². The van der Waals surface area contributed by atoms with Gasteiger partial charge >= 0.3 is 0 Å². The summed E-state index contributed by atoms with van der Waals surface area (Å²) in [7, 11) is 4.59. The zero-order valence-electron chi connectivity index (χ0n) is 14.7. The molecular formula is C18H19N3O4S. The molecule has 2 N–H and O–H groups in total. The topological polar surface area (TPSA) is 85.5 Å². The summed E-state index contributed by atoms with van der Waals surface area (Å²) in [4.78, 5) is 19.9. The van der Waals surface area contributed by atoms with Crippen molar-refractivity contribution in [3.05, 3.63) is 36.4 Å². The fourth-order valence-electron chi connectivity index (χ4n) is 2.48. The summed E-state index contributed by atoms with van der Waals surface area (Å²) in [6.45, 7) is 0. The molecule has 0 radical (unpaired) electrons. The summed E-state index contributed by atoms with van der Waals surface area (Å²) in [5.74, 6) is 1.49. The number of hydrogen-bond acceptors (Lipinski definition) is 6. The van der Waals surface area contributed by atoms with Crippen LogP contribution in [0.2, 0.25) is 0 Å². The second kappa shape index (κ2) is 8.01. The number of hydrogen-bond donors (Lipinski definition) is 2. The van der Waals surface area contributed by atoms with Crippen LogP contribution in [0.4, 0.5) is 5.69 Å². The van der Waals surface area contributed by atoms with Gasteiger partial charge < -0.3 is 24.5 Å². The number of ether oxygens (including phenoxy) is 3. The number of rotatable bonds is 7. The zero-order valence-corrected chi connectivity index (χ0v) is 15.5. The van der Waals surface area contributed by atoms with Crippen LogP contribution in [0.1, 0.15) is 0 Å². The van der Waals surface area contributed by atoms with Crippen LogP contribution < -0.4 is 19.5 Å². The van der Waals surface area contributed by atoms with Crippen molar-refractivity contribution in [1.82, 2.24) is 9.97 Å². The van der Waals surface area contributed by atoms with Gasteiger partial charge in [-0.25, -0.2) is 4.98 Å². The Morgan fingerprint density at radius 1 is 1.12 bits per heavy atom. The van der Waals surface area contributed by atoms with Crippen molar-refractivity contribution < 1.29 is 19.0 Å². The Kier molecular flexibility index (Phi) is 5.52. The predicted octanol–water partition coefficient (Wildman–Crippen LogP) is 3.32. The number of aromatic amines is 1. The van der Waals surface area contributed by atoms with Gasteiger partial charge in [0.1, 0.15) is 0 Å². The number of amides is 1. The van der Waals surface area contributed by atoms with E-state index in [4.69, 9.17) is 14.2 Å². The molecule has 0 atom stereocenters. The first-order chi connectivity index (χ1) is 12.6. The van der Waals surface area contributed by atoms with E-state index in [0.717, 1.165) is 11.0 Å². The number of nitrogens with one attached hydrogen (secondary N) is 2. The molecule has 3 rings (SSSR count). The van der Waals surface area contributed by atoms with Crippen LogP contribution in [0.5, 0.6) is 17.2 Å². The Morgan fingerprint density at radius 3 is 2.42 bits per heavy atom. The predicted molar refractivity (Wildman–Crippen MR) is 102 cm³/mol. The number of fused-ring (bicyclic) bond motifs is 1. The van der Waals surface area contributed by atoms with Crippen molar-refractivity contribution in [2.75, 3.05) is 32.4 Å². The number of para-hydroxylation sites is 2. The van der Waals surface area contributed by atoms with E-state index in [0.29, 0.717) is 28.1 Å². The normalized spacial score (nSPS) is 10.6. The van der Waals surface area contributed by atoms with Crippen LogP contribution in [0.25, 0.3) is 11.0 Å².